The molecule has 0 aliphatic carbocycles. The topological polar surface area (TPSA) is 4.93 Å². The van der Waals surface area contributed by atoms with Gasteiger partial charge in [-0.3, -0.25) is 4.57 Å². The molecule has 2 aromatic rings. The number of nitrogens with zero attached hydrogens (tertiary/aromatic N) is 1. The third-order valence-corrected chi connectivity index (χ3v) is 2.83. The number of aromatic nitrogens is 1. The van der Waals surface area contributed by atoms with E-state index in [1.807, 2.05) is 47.9 Å². The maximum Gasteiger partial charge on any atom is 0.117 e. The lowest BCUT2D eigenvalue weighted by Gasteiger charge is -2.06. The van der Waals surface area contributed by atoms with Crippen LogP contribution in [0, 0.1) is 6.92 Å². The molecule has 0 aliphatic heterocycles. The van der Waals surface area contributed by atoms with E-state index in [-0.39, 0.29) is 0 Å². The van der Waals surface area contributed by atoms with Gasteiger partial charge < -0.3 is 0 Å². The number of aryl methyl sites for hydroxylation is 1. The Hall–Kier alpha value is -0.920. The Labute approximate surface area is 92.9 Å². The van der Waals surface area contributed by atoms with Gasteiger partial charge >= 0.3 is 0 Å². The van der Waals surface area contributed by atoms with E-state index in [4.69, 9.17) is 23.2 Å². The molecule has 0 radical (unpaired) electrons. The number of benzene rings is 1. The van der Waals surface area contributed by atoms with E-state index in [0.717, 1.165) is 11.3 Å². The van der Waals surface area contributed by atoms with Crippen LogP contribution in [0.4, 0.5) is 0 Å². The molecule has 1 nitrogen and oxygen atoms in total. The average Bonchev–Trinajstić information content (AvgIpc) is 2.43. The van der Waals surface area contributed by atoms with E-state index >= 15 is 0 Å². The number of hydrogen-bond donors (Lipinski definition) is 0. The smallest absolute Gasteiger partial charge is 0.117 e. The van der Waals surface area contributed by atoms with Gasteiger partial charge in [-0.25, -0.2) is 0 Å². The molecule has 0 bridgehead atoms. The van der Waals surface area contributed by atoms with Crippen molar-refractivity contribution in [3.05, 3.63) is 52.3 Å². The van der Waals surface area contributed by atoms with Crippen molar-refractivity contribution < 1.29 is 0 Å². The van der Waals surface area contributed by atoms with E-state index in [2.05, 4.69) is 0 Å². The minimum absolute atomic E-state index is 0.638. The lowest BCUT2D eigenvalue weighted by Crippen LogP contribution is -1.92. The molecule has 0 spiro atoms. The first-order valence-corrected chi connectivity index (χ1v) is 5.04. The van der Waals surface area contributed by atoms with E-state index in [1.165, 1.54) is 0 Å². The molecule has 0 N–H and O–H groups in total. The largest absolute Gasteiger partial charge is 0.291 e. The zero-order valence-electron chi connectivity index (χ0n) is 7.67. The molecule has 72 valence electrons. The Balaban J connectivity index is 2.62. The summed E-state index contributed by atoms with van der Waals surface area (Å²) in [5.41, 5.74) is 1.97. The van der Waals surface area contributed by atoms with Gasteiger partial charge in [-0.05, 0) is 30.7 Å². The van der Waals surface area contributed by atoms with Crippen LogP contribution in [0.25, 0.3) is 5.69 Å². The molecule has 3 heteroatoms. The van der Waals surface area contributed by atoms with Crippen molar-refractivity contribution in [3.63, 3.8) is 0 Å². The number of rotatable bonds is 1. The SMILES string of the molecule is Cc1cc(Cl)n(-c2ccccc2)c1Cl. The quantitative estimate of drug-likeness (QED) is 0.690. The van der Waals surface area contributed by atoms with Crippen molar-refractivity contribution in [2.75, 3.05) is 0 Å². The summed E-state index contributed by atoms with van der Waals surface area (Å²) >= 11 is 12.2. The fourth-order valence-corrected chi connectivity index (χ4v) is 2.02. The van der Waals surface area contributed by atoms with E-state index in [0.29, 0.717) is 10.3 Å². The number of halogens is 2. The molecule has 0 fully saturated rings. The highest BCUT2D eigenvalue weighted by Gasteiger charge is 2.09. The summed E-state index contributed by atoms with van der Waals surface area (Å²) in [5, 5.41) is 1.31. The van der Waals surface area contributed by atoms with Crippen molar-refractivity contribution in [3.8, 4) is 5.69 Å². The van der Waals surface area contributed by atoms with E-state index in [1.54, 1.807) is 0 Å². The average molecular weight is 226 g/mol. The Morgan fingerprint density at radius 2 is 1.71 bits per heavy atom. The van der Waals surface area contributed by atoms with Crippen LogP contribution >= 0.6 is 23.2 Å². The van der Waals surface area contributed by atoms with Gasteiger partial charge in [-0.15, -0.1) is 0 Å². The lowest BCUT2D eigenvalue weighted by atomic mass is 10.3. The summed E-state index contributed by atoms with van der Waals surface area (Å²) < 4.78 is 1.82. The van der Waals surface area contributed by atoms with E-state index in [9.17, 15) is 0 Å². The molecule has 0 aliphatic rings. The standard InChI is InChI=1S/C11H9Cl2N/c1-8-7-10(12)14(11(8)13)9-5-3-2-4-6-9/h2-7H,1H3. The highest BCUT2D eigenvalue weighted by Crippen LogP contribution is 2.28. The molecule has 2 rings (SSSR count). The zero-order chi connectivity index (χ0) is 10.1. The Kier molecular flexibility index (Phi) is 2.53. The molecule has 0 unspecified atom stereocenters. The van der Waals surface area contributed by atoms with Crippen LogP contribution in [0.2, 0.25) is 10.3 Å². The maximum atomic E-state index is 6.13. The molecule has 1 aromatic carbocycles. The second-order valence-corrected chi connectivity index (χ2v) is 3.86. The number of para-hydroxylation sites is 1. The monoisotopic (exact) mass is 225 g/mol. The summed E-state index contributed by atoms with van der Waals surface area (Å²) in [5.74, 6) is 0. The first-order chi connectivity index (χ1) is 6.70. The fraction of sp³-hybridized carbons (Fsp3) is 0.0909. The molecule has 0 amide bonds. The Bertz CT molecular complexity index is 446. The number of hydrogen-bond acceptors (Lipinski definition) is 0. The highest BCUT2D eigenvalue weighted by molar-refractivity contribution is 6.34. The summed E-state index contributed by atoms with van der Waals surface area (Å²) in [6.07, 6.45) is 0. The van der Waals surface area contributed by atoms with Gasteiger partial charge in [0.1, 0.15) is 10.3 Å². The van der Waals surface area contributed by atoms with Gasteiger partial charge in [0.2, 0.25) is 0 Å². The van der Waals surface area contributed by atoms with Crippen LogP contribution in [0.15, 0.2) is 36.4 Å². The minimum Gasteiger partial charge on any atom is -0.291 e. The molecule has 0 saturated carbocycles. The second kappa shape index (κ2) is 3.68. The third kappa shape index (κ3) is 1.54. The van der Waals surface area contributed by atoms with Gasteiger partial charge in [0.05, 0.1) is 0 Å². The van der Waals surface area contributed by atoms with Crippen LogP contribution in [-0.4, -0.2) is 4.57 Å². The van der Waals surface area contributed by atoms with Crippen LogP contribution in [0.3, 0.4) is 0 Å². The van der Waals surface area contributed by atoms with E-state index < -0.39 is 0 Å². The van der Waals surface area contributed by atoms with Crippen molar-refractivity contribution >= 4 is 23.2 Å². The maximum absolute atomic E-state index is 6.13. The normalized spacial score (nSPS) is 10.5. The minimum atomic E-state index is 0.638. The second-order valence-electron chi connectivity index (χ2n) is 3.11. The van der Waals surface area contributed by atoms with Crippen molar-refractivity contribution in [2.24, 2.45) is 0 Å². The summed E-state index contributed by atoms with van der Waals surface area (Å²) in [4.78, 5) is 0. The molecule has 1 heterocycles. The Morgan fingerprint density at radius 1 is 1.07 bits per heavy atom. The van der Waals surface area contributed by atoms with Gasteiger partial charge in [0, 0.05) is 5.69 Å². The van der Waals surface area contributed by atoms with Crippen molar-refractivity contribution in [1.29, 1.82) is 0 Å². The predicted octanol–water partition coefficient (Wildman–Crippen LogP) is 4.09. The Morgan fingerprint density at radius 3 is 2.21 bits per heavy atom. The van der Waals surface area contributed by atoms with Crippen LogP contribution in [0.5, 0.6) is 0 Å². The van der Waals surface area contributed by atoms with Gasteiger partial charge in [-0.1, -0.05) is 41.4 Å². The lowest BCUT2D eigenvalue weighted by molar-refractivity contribution is 1.08. The van der Waals surface area contributed by atoms with Gasteiger partial charge in [0.15, 0.2) is 0 Å². The van der Waals surface area contributed by atoms with Gasteiger partial charge in [-0.2, -0.15) is 0 Å². The summed E-state index contributed by atoms with van der Waals surface area (Å²) in [7, 11) is 0. The van der Waals surface area contributed by atoms with Crippen LogP contribution in [0.1, 0.15) is 5.56 Å². The molecular weight excluding hydrogens is 217 g/mol. The van der Waals surface area contributed by atoms with Crippen molar-refractivity contribution in [2.45, 2.75) is 6.92 Å². The van der Waals surface area contributed by atoms with Crippen LogP contribution in [-0.2, 0) is 0 Å². The summed E-state index contributed by atoms with van der Waals surface area (Å²) in [6.45, 7) is 1.94. The highest BCUT2D eigenvalue weighted by atomic mass is 35.5. The third-order valence-electron chi connectivity index (χ3n) is 2.09. The molecular formula is C11H9Cl2N. The molecule has 1 aromatic heterocycles. The predicted molar refractivity (Wildman–Crippen MR) is 60.5 cm³/mol. The molecule has 0 atom stereocenters. The van der Waals surface area contributed by atoms with Crippen molar-refractivity contribution in [1.82, 2.24) is 4.57 Å². The zero-order valence-corrected chi connectivity index (χ0v) is 9.18. The summed E-state index contributed by atoms with van der Waals surface area (Å²) in [6, 6.07) is 11.7. The fourth-order valence-electron chi connectivity index (χ4n) is 1.39. The first kappa shape index (κ1) is 9.63. The van der Waals surface area contributed by atoms with Crippen LogP contribution < -0.4 is 0 Å². The molecule has 14 heavy (non-hydrogen) atoms. The molecule has 0 saturated heterocycles. The first-order valence-electron chi connectivity index (χ1n) is 4.29. The van der Waals surface area contributed by atoms with Gasteiger partial charge in [0.25, 0.3) is 0 Å².